The van der Waals surface area contributed by atoms with Gasteiger partial charge in [0.15, 0.2) is 6.61 Å². The molecule has 0 aliphatic carbocycles. The zero-order valence-corrected chi connectivity index (χ0v) is 20.4. The lowest BCUT2D eigenvalue weighted by Crippen LogP contribution is -2.48. The molecule has 0 bridgehead atoms. The van der Waals surface area contributed by atoms with Crippen LogP contribution in [0, 0.1) is 0 Å². The van der Waals surface area contributed by atoms with Crippen LogP contribution < -0.4 is 10.6 Å². The Morgan fingerprint density at radius 3 is 2.49 bits per heavy atom. The van der Waals surface area contributed by atoms with Crippen molar-refractivity contribution in [3.05, 3.63) is 42.5 Å². The van der Waals surface area contributed by atoms with E-state index >= 15 is 0 Å². The first-order valence-corrected chi connectivity index (χ1v) is 13.0. The minimum absolute atomic E-state index is 0.0103. The lowest BCUT2D eigenvalue weighted by molar-refractivity contribution is -0.152. The lowest BCUT2D eigenvalue weighted by atomic mass is 10.1. The summed E-state index contributed by atoms with van der Waals surface area (Å²) >= 11 is 0.915. The number of hydrogen-bond donors (Lipinski definition) is 2. The molecule has 3 aromatic rings. The first kappa shape index (κ1) is 24.7. The number of carbonyl (C=O) groups is 3. The van der Waals surface area contributed by atoms with Gasteiger partial charge in [0, 0.05) is 24.8 Å². The summed E-state index contributed by atoms with van der Waals surface area (Å²) in [4.78, 5) is 36.2. The number of fused-ring (bicyclic) bond motifs is 1. The first-order chi connectivity index (χ1) is 16.8. The Morgan fingerprint density at radius 1 is 1.06 bits per heavy atom. The van der Waals surface area contributed by atoms with Crippen LogP contribution in [0.15, 0.2) is 47.4 Å². The molecule has 0 saturated carbocycles. The summed E-state index contributed by atoms with van der Waals surface area (Å²) in [5.74, 6) is -1.57. The molecule has 1 aromatic heterocycles. The number of carbonyl (C=O) groups excluding carboxylic acids is 3. The number of nitrogens with one attached hydrogen (secondary N) is 2. The second-order valence-corrected chi connectivity index (χ2v) is 10.3. The highest BCUT2D eigenvalue weighted by molar-refractivity contribution is 7.89. The summed E-state index contributed by atoms with van der Waals surface area (Å²) in [7, 11) is -4.05. The highest BCUT2D eigenvalue weighted by atomic mass is 32.2. The van der Waals surface area contributed by atoms with Crippen LogP contribution in [0.4, 0.5) is 11.4 Å². The van der Waals surface area contributed by atoms with Crippen LogP contribution in [0.25, 0.3) is 11.0 Å². The molecule has 1 atom stereocenters. The van der Waals surface area contributed by atoms with E-state index in [2.05, 4.69) is 19.4 Å². The van der Waals surface area contributed by atoms with Gasteiger partial charge >= 0.3 is 5.97 Å². The Balaban J connectivity index is 1.41. The van der Waals surface area contributed by atoms with Gasteiger partial charge < -0.3 is 15.4 Å². The standard InChI is InChI=1S/C22H23N5O6S2/c1-14(28)23-15-8-10-16(11-9-15)24-20(29)13-33-22(30)18-6-2-3-12-27(18)35(31,32)19-7-4-5-17-21(19)26-34-25-17/h4-5,7-11,18H,2-3,6,12-13H2,1H3,(H,23,28)(H,24,29). The molecule has 1 saturated heterocycles. The van der Waals surface area contributed by atoms with Crippen LogP contribution in [-0.4, -0.2) is 58.4 Å². The normalized spacial score (nSPS) is 16.5. The highest BCUT2D eigenvalue weighted by Gasteiger charge is 2.39. The van der Waals surface area contributed by atoms with E-state index in [4.69, 9.17) is 4.74 Å². The molecule has 35 heavy (non-hydrogen) atoms. The van der Waals surface area contributed by atoms with Gasteiger partial charge in [-0.05, 0) is 55.7 Å². The van der Waals surface area contributed by atoms with Crippen LogP contribution in [0.1, 0.15) is 26.2 Å². The highest BCUT2D eigenvalue weighted by Crippen LogP contribution is 2.29. The van der Waals surface area contributed by atoms with E-state index in [0.717, 1.165) is 16.0 Å². The van der Waals surface area contributed by atoms with Crippen molar-refractivity contribution in [3.63, 3.8) is 0 Å². The SMILES string of the molecule is CC(=O)Nc1ccc(NC(=O)COC(=O)C2CCCCN2S(=O)(=O)c2cccc3nsnc23)cc1. The number of nitrogens with zero attached hydrogens (tertiary/aromatic N) is 3. The number of rotatable bonds is 7. The minimum atomic E-state index is -4.05. The predicted octanol–water partition coefficient (Wildman–Crippen LogP) is 2.37. The Morgan fingerprint density at radius 2 is 1.77 bits per heavy atom. The molecule has 13 heteroatoms. The van der Waals surface area contributed by atoms with Crippen molar-refractivity contribution in [2.24, 2.45) is 0 Å². The summed E-state index contributed by atoms with van der Waals surface area (Å²) in [6, 6.07) is 10.1. The maximum Gasteiger partial charge on any atom is 0.324 e. The van der Waals surface area contributed by atoms with Crippen molar-refractivity contribution in [1.82, 2.24) is 13.1 Å². The van der Waals surface area contributed by atoms with Crippen molar-refractivity contribution in [3.8, 4) is 0 Å². The molecule has 2 heterocycles. The second kappa shape index (κ2) is 10.5. The van der Waals surface area contributed by atoms with Crippen LogP contribution in [0.3, 0.4) is 0 Å². The largest absolute Gasteiger partial charge is 0.454 e. The van der Waals surface area contributed by atoms with Gasteiger partial charge in [-0.2, -0.15) is 13.1 Å². The molecule has 4 rings (SSSR count). The van der Waals surface area contributed by atoms with Gasteiger partial charge in [-0.1, -0.05) is 6.07 Å². The summed E-state index contributed by atoms with van der Waals surface area (Å²) in [5, 5.41) is 5.21. The third-order valence-corrected chi connectivity index (χ3v) is 7.88. The molecule has 184 valence electrons. The molecular formula is C22H23N5O6S2. The van der Waals surface area contributed by atoms with E-state index in [1.54, 1.807) is 36.4 Å². The minimum Gasteiger partial charge on any atom is -0.454 e. The van der Waals surface area contributed by atoms with Crippen LogP contribution in [0.5, 0.6) is 0 Å². The smallest absolute Gasteiger partial charge is 0.324 e. The fourth-order valence-corrected chi connectivity index (χ4v) is 6.22. The molecule has 0 spiro atoms. The van der Waals surface area contributed by atoms with E-state index in [9.17, 15) is 22.8 Å². The van der Waals surface area contributed by atoms with E-state index in [1.165, 1.54) is 13.0 Å². The zero-order chi connectivity index (χ0) is 25.0. The fourth-order valence-electron chi connectivity index (χ4n) is 3.81. The van der Waals surface area contributed by atoms with Gasteiger partial charge in [0.25, 0.3) is 5.91 Å². The molecule has 1 aliphatic rings. The number of aromatic nitrogens is 2. The Hall–Kier alpha value is -3.42. The molecular weight excluding hydrogens is 494 g/mol. The zero-order valence-electron chi connectivity index (χ0n) is 18.8. The topological polar surface area (TPSA) is 148 Å². The number of amides is 2. The summed E-state index contributed by atoms with van der Waals surface area (Å²) in [5.41, 5.74) is 1.75. The van der Waals surface area contributed by atoms with E-state index in [-0.39, 0.29) is 29.3 Å². The third-order valence-electron chi connectivity index (χ3n) is 5.40. The lowest BCUT2D eigenvalue weighted by Gasteiger charge is -2.32. The number of ether oxygens (including phenoxy) is 1. The first-order valence-electron chi connectivity index (χ1n) is 10.8. The van der Waals surface area contributed by atoms with Crippen molar-refractivity contribution in [1.29, 1.82) is 0 Å². The number of hydrogen-bond acceptors (Lipinski definition) is 9. The maximum absolute atomic E-state index is 13.4. The number of sulfonamides is 1. The van der Waals surface area contributed by atoms with Crippen molar-refractivity contribution >= 4 is 61.9 Å². The number of anilines is 2. The van der Waals surface area contributed by atoms with E-state index in [1.807, 2.05) is 0 Å². The molecule has 0 radical (unpaired) electrons. The van der Waals surface area contributed by atoms with Gasteiger partial charge in [-0.25, -0.2) is 8.42 Å². The third kappa shape index (κ3) is 5.63. The van der Waals surface area contributed by atoms with Crippen LogP contribution in [0.2, 0.25) is 0 Å². The molecule has 2 amide bonds. The number of piperidine rings is 1. The molecule has 1 unspecified atom stereocenters. The molecule has 1 fully saturated rings. The van der Waals surface area contributed by atoms with E-state index in [0.29, 0.717) is 29.7 Å². The maximum atomic E-state index is 13.4. The predicted molar refractivity (Wildman–Crippen MR) is 129 cm³/mol. The Labute approximate surface area is 205 Å². The quantitative estimate of drug-likeness (QED) is 0.454. The molecule has 11 nitrogen and oxygen atoms in total. The van der Waals surface area contributed by atoms with Crippen molar-refractivity contribution < 1.29 is 27.5 Å². The average Bonchev–Trinajstić information content (AvgIpc) is 3.32. The van der Waals surface area contributed by atoms with Crippen molar-refractivity contribution in [2.45, 2.75) is 37.1 Å². The monoisotopic (exact) mass is 517 g/mol. The van der Waals surface area contributed by atoms with Gasteiger partial charge in [0.05, 0.1) is 11.7 Å². The fraction of sp³-hybridized carbons (Fsp3) is 0.318. The van der Waals surface area contributed by atoms with Crippen LogP contribution in [-0.2, 0) is 29.1 Å². The molecule has 2 aromatic carbocycles. The summed E-state index contributed by atoms with van der Waals surface area (Å²) in [6.07, 6.45) is 1.54. The van der Waals surface area contributed by atoms with Crippen molar-refractivity contribution in [2.75, 3.05) is 23.8 Å². The Kier molecular flexibility index (Phi) is 7.38. The Bertz CT molecular complexity index is 1360. The number of benzene rings is 2. The van der Waals surface area contributed by atoms with Gasteiger partial charge in [-0.15, -0.1) is 0 Å². The van der Waals surface area contributed by atoms with Gasteiger partial charge in [-0.3, -0.25) is 14.4 Å². The summed E-state index contributed by atoms with van der Waals surface area (Å²) < 4.78 is 41.4. The summed E-state index contributed by atoms with van der Waals surface area (Å²) in [6.45, 7) is 0.977. The van der Waals surface area contributed by atoms with Crippen LogP contribution >= 0.6 is 11.7 Å². The average molecular weight is 518 g/mol. The number of esters is 1. The molecule has 1 aliphatic heterocycles. The van der Waals surface area contributed by atoms with Gasteiger partial charge in [0.1, 0.15) is 22.0 Å². The second-order valence-electron chi connectivity index (χ2n) is 7.93. The van der Waals surface area contributed by atoms with Gasteiger partial charge in [0.2, 0.25) is 15.9 Å². The van der Waals surface area contributed by atoms with E-state index < -0.39 is 34.5 Å². The molecule has 2 N–H and O–H groups in total.